The van der Waals surface area contributed by atoms with Crippen LogP contribution >= 0.6 is 0 Å². The molecule has 0 N–H and O–H groups in total. The number of rotatable bonds is 0. The summed E-state index contributed by atoms with van der Waals surface area (Å²) in [5.74, 6) is 0. The number of hydrogen-bond acceptors (Lipinski definition) is 2. The van der Waals surface area contributed by atoms with Crippen LogP contribution in [-0.2, 0) is 12.8 Å². The SMILES string of the molecule is Cc1cccc2ccc3c4c(ccc3c12)CCCC4.c1cnccn1. The zero-order chi connectivity index (χ0) is 17.1. The first-order chi connectivity index (χ1) is 12.3. The first-order valence-corrected chi connectivity index (χ1v) is 8.97. The van der Waals surface area contributed by atoms with E-state index in [1.807, 2.05) is 0 Å². The molecule has 0 fully saturated rings. The normalized spacial score (nSPS) is 13.2. The lowest BCUT2D eigenvalue weighted by Crippen LogP contribution is -2.03. The Morgan fingerprint density at radius 3 is 2.20 bits per heavy atom. The molecule has 0 amide bonds. The number of aryl methyl sites for hydroxylation is 3. The van der Waals surface area contributed by atoms with E-state index in [0.717, 1.165) is 0 Å². The first kappa shape index (κ1) is 15.8. The number of fused-ring (bicyclic) bond motifs is 5. The van der Waals surface area contributed by atoms with Crippen molar-refractivity contribution < 1.29 is 0 Å². The minimum absolute atomic E-state index is 1.25. The topological polar surface area (TPSA) is 25.8 Å². The van der Waals surface area contributed by atoms with Gasteiger partial charge in [0.25, 0.3) is 0 Å². The molecule has 0 unspecified atom stereocenters. The van der Waals surface area contributed by atoms with E-state index in [4.69, 9.17) is 0 Å². The monoisotopic (exact) mass is 326 g/mol. The van der Waals surface area contributed by atoms with Crippen LogP contribution in [0.2, 0.25) is 0 Å². The van der Waals surface area contributed by atoms with E-state index in [0.29, 0.717) is 0 Å². The van der Waals surface area contributed by atoms with Crippen LogP contribution in [-0.4, -0.2) is 9.97 Å². The second-order valence-electron chi connectivity index (χ2n) is 6.64. The molecule has 1 aromatic heterocycles. The summed E-state index contributed by atoms with van der Waals surface area (Å²) in [7, 11) is 0. The van der Waals surface area contributed by atoms with E-state index in [1.54, 1.807) is 35.9 Å². The van der Waals surface area contributed by atoms with Crippen molar-refractivity contribution in [2.45, 2.75) is 32.6 Å². The van der Waals surface area contributed by atoms with Crippen LogP contribution < -0.4 is 0 Å². The maximum atomic E-state index is 3.72. The fourth-order valence-corrected chi connectivity index (χ4v) is 3.89. The Labute approximate surface area is 148 Å². The predicted octanol–water partition coefficient (Wildman–Crippen LogP) is 5.66. The maximum Gasteiger partial charge on any atom is 0.0451 e. The number of aromatic nitrogens is 2. The third-order valence-electron chi connectivity index (χ3n) is 5.06. The van der Waals surface area contributed by atoms with Gasteiger partial charge in [-0.1, -0.05) is 42.5 Å². The minimum atomic E-state index is 1.25. The number of benzene rings is 3. The predicted molar refractivity (Wildman–Crippen MR) is 105 cm³/mol. The van der Waals surface area contributed by atoms with Crippen molar-refractivity contribution in [1.29, 1.82) is 0 Å². The van der Waals surface area contributed by atoms with Gasteiger partial charge in [-0.15, -0.1) is 0 Å². The third-order valence-corrected chi connectivity index (χ3v) is 5.06. The average molecular weight is 326 g/mol. The summed E-state index contributed by atoms with van der Waals surface area (Å²) in [6, 6.07) is 15.9. The molecule has 0 saturated heterocycles. The fourth-order valence-electron chi connectivity index (χ4n) is 3.89. The third kappa shape index (κ3) is 3.12. The summed E-state index contributed by atoms with van der Waals surface area (Å²) in [5.41, 5.74) is 4.57. The van der Waals surface area contributed by atoms with Crippen molar-refractivity contribution >= 4 is 21.5 Å². The van der Waals surface area contributed by atoms with E-state index in [1.165, 1.54) is 52.8 Å². The molecule has 25 heavy (non-hydrogen) atoms. The Kier molecular flexibility index (Phi) is 4.43. The molecule has 3 aromatic carbocycles. The minimum Gasteiger partial charge on any atom is -0.262 e. The van der Waals surface area contributed by atoms with E-state index in [2.05, 4.69) is 59.4 Å². The zero-order valence-corrected chi connectivity index (χ0v) is 14.6. The first-order valence-electron chi connectivity index (χ1n) is 8.97. The van der Waals surface area contributed by atoms with Gasteiger partial charge in [-0.2, -0.15) is 0 Å². The van der Waals surface area contributed by atoms with Gasteiger partial charge in [-0.05, 0) is 70.8 Å². The molecule has 0 radical (unpaired) electrons. The maximum absolute atomic E-state index is 3.72. The van der Waals surface area contributed by atoms with Gasteiger partial charge < -0.3 is 0 Å². The largest absolute Gasteiger partial charge is 0.262 e. The van der Waals surface area contributed by atoms with Crippen LogP contribution in [0.1, 0.15) is 29.5 Å². The number of nitrogens with zero attached hydrogens (tertiary/aromatic N) is 2. The molecular formula is C23H22N2. The Balaban J connectivity index is 0.000000223. The van der Waals surface area contributed by atoms with Gasteiger partial charge >= 0.3 is 0 Å². The second-order valence-corrected chi connectivity index (χ2v) is 6.64. The summed E-state index contributed by atoms with van der Waals surface area (Å²) in [4.78, 5) is 7.44. The molecule has 0 aliphatic heterocycles. The molecule has 2 heteroatoms. The van der Waals surface area contributed by atoms with Crippen molar-refractivity contribution in [2.24, 2.45) is 0 Å². The molecule has 1 aliphatic carbocycles. The highest BCUT2D eigenvalue weighted by Gasteiger charge is 2.13. The second kappa shape index (κ2) is 7.02. The molecule has 1 aliphatic rings. The van der Waals surface area contributed by atoms with Crippen molar-refractivity contribution in [2.75, 3.05) is 0 Å². The van der Waals surface area contributed by atoms with Crippen LogP contribution in [0.15, 0.2) is 67.3 Å². The van der Waals surface area contributed by atoms with Crippen LogP contribution in [0.5, 0.6) is 0 Å². The lowest BCUT2D eigenvalue weighted by atomic mass is 9.86. The Hall–Kier alpha value is -2.74. The summed E-state index contributed by atoms with van der Waals surface area (Å²) < 4.78 is 0. The van der Waals surface area contributed by atoms with Crippen LogP contribution in [0.4, 0.5) is 0 Å². The zero-order valence-electron chi connectivity index (χ0n) is 14.6. The van der Waals surface area contributed by atoms with Gasteiger partial charge in [0.1, 0.15) is 0 Å². The van der Waals surface area contributed by atoms with Gasteiger partial charge in [0.2, 0.25) is 0 Å². The van der Waals surface area contributed by atoms with Gasteiger partial charge in [-0.3, -0.25) is 9.97 Å². The lowest BCUT2D eigenvalue weighted by molar-refractivity contribution is 0.690. The molecule has 124 valence electrons. The quantitative estimate of drug-likeness (QED) is 0.390. The standard InChI is InChI=1S/C19H18.C4H4N2/c1-13-5-4-7-15-10-11-17-16-8-3-2-6-14(16)9-12-18(17)19(13)15;1-2-6-4-3-5-1/h4-5,7,9-12H,2-3,6,8H2,1H3;1-4H. The molecule has 1 heterocycles. The van der Waals surface area contributed by atoms with E-state index >= 15 is 0 Å². The van der Waals surface area contributed by atoms with E-state index in [9.17, 15) is 0 Å². The van der Waals surface area contributed by atoms with Crippen LogP contribution in [0.25, 0.3) is 21.5 Å². The van der Waals surface area contributed by atoms with Gasteiger partial charge in [0.05, 0.1) is 0 Å². The Morgan fingerprint density at radius 2 is 1.44 bits per heavy atom. The average Bonchev–Trinajstić information content (AvgIpc) is 2.69. The highest BCUT2D eigenvalue weighted by molar-refractivity contribution is 6.10. The molecular weight excluding hydrogens is 304 g/mol. The molecule has 0 bridgehead atoms. The Bertz CT molecular complexity index is 980. The number of hydrogen-bond donors (Lipinski definition) is 0. The lowest BCUT2D eigenvalue weighted by Gasteiger charge is -2.19. The fraction of sp³-hybridized carbons (Fsp3) is 0.217. The van der Waals surface area contributed by atoms with Crippen LogP contribution in [0.3, 0.4) is 0 Å². The summed E-state index contributed by atoms with van der Waals surface area (Å²) in [6.07, 6.45) is 11.8. The van der Waals surface area contributed by atoms with Gasteiger partial charge in [-0.25, -0.2) is 0 Å². The van der Waals surface area contributed by atoms with Gasteiger partial charge in [0, 0.05) is 24.8 Å². The summed E-state index contributed by atoms with van der Waals surface area (Å²) in [6.45, 7) is 2.22. The van der Waals surface area contributed by atoms with Crippen LogP contribution in [0, 0.1) is 6.92 Å². The molecule has 4 aromatic rings. The molecule has 0 spiro atoms. The van der Waals surface area contributed by atoms with Crippen molar-refractivity contribution in [3.05, 3.63) is 83.9 Å². The highest BCUT2D eigenvalue weighted by atomic mass is 14.7. The van der Waals surface area contributed by atoms with Gasteiger partial charge in [0.15, 0.2) is 0 Å². The molecule has 2 nitrogen and oxygen atoms in total. The highest BCUT2D eigenvalue weighted by Crippen LogP contribution is 2.34. The van der Waals surface area contributed by atoms with Crippen molar-refractivity contribution in [3.63, 3.8) is 0 Å². The van der Waals surface area contributed by atoms with E-state index in [-0.39, 0.29) is 0 Å². The summed E-state index contributed by atoms with van der Waals surface area (Å²) in [5, 5.41) is 5.73. The summed E-state index contributed by atoms with van der Waals surface area (Å²) >= 11 is 0. The van der Waals surface area contributed by atoms with E-state index < -0.39 is 0 Å². The molecule has 5 rings (SSSR count). The van der Waals surface area contributed by atoms with Crippen molar-refractivity contribution in [1.82, 2.24) is 9.97 Å². The smallest absolute Gasteiger partial charge is 0.0451 e. The molecule has 0 saturated carbocycles. The Morgan fingerprint density at radius 1 is 0.720 bits per heavy atom. The molecule has 0 atom stereocenters. The van der Waals surface area contributed by atoms with Crippen molar-refractivity contribution in [3.8, 4) is 0 Å².